The van der Waals surface area contributed by atoms with Gasteiger partial charge in [0, 0.05) is 6.61 Å². The van der Waals surface area contributed by atoms with Gasteiger partial charge in [-0.25, -0.2) is 4.79 Å². The minimum absolute atomic E-state index is 0.303. The molecular formula is C17H25O4. The summed E-state index contributed by atoms with van der Waals surface area (Å²) in [6, 6.07) is 7.45. The minimum atomic E-state index is -0.498. The predicted octanol–water partition coefficient (Wildman–Crippen LogP) is 4.10. The first-order valence-corrected chi connectivity index (χ1v) is 7.64. The summed E-state index contributed by atoms with van der Waals surface area (Å²) in [5.41, 5.74) is 1.72. The highest BCUT2D eigenvalue weighted by molar-refractivity contribution is 5.88. The second-order valence-electron chi connectivity index (χ2n) is 4.86. The molecule has 0 fully saturated rings. The summed E-state index contributed by atoms with van der Waals surface area (Å²) in [4.78, 5) is 21.1. The van der Waals surface area contributed by atoms with E-state index in [1.54, 1.807) is 12.1 Å². The van der Waals surface area contributed by atoms with Gasteiger partial charge in [-0.3, -0.25) is 4.89 Å². The SMILES string of the molecule is CCCCCc1ccc(C(=O)OO[CH]COCCC)cc1. The van der Waals surface area contributed by atoms with Crippen LogP contribution in [0.3, 0.4) is 0 Å². The van der Waals surface area contributed by atoms with E-state index in [1.165, 1.54) is 31.4 Å². The third-order valence-electron chi connectivity index (χ3n) is 2.98. The monoisotopic (exact) mass is 293 g/mol. The average Bonchev–Trinajstić information content (AvgIpc) is 2.51. The van der Waals surface area contributed by atoms with E-state index >= 15 is 0 Å². The fraction of sp³-hybridized carbons (Fsp3) is 0.529. The van der Waals surface area contributed by atoms with Gasteiger partial charge in [0.25, 0.3) is 0 Å². The van der Waals surface area contributed by atoms with Crippen LogP contribution in [0.15, 0.2) is 24.3 Å². The number of carbonyl (C=O) groups is 1. The van der Waals surface area contributed by atoms with Gasteiger partial charge in [-0.1, -0.05) is 38.8 Å². The number of ether oxygens (including phenoxy) is 1. The van der Waals surface area contributed by atoms with Crippen molar-refractivity contribution in [2.45, 2.75) is 46.0 Å². The second kappa shape index (κ2) is 11.3. The Kier molecular flexibility index (Phi) is 9.49. The lowest BCUT2D eigenvalue weighted by molar-refractivity contribution is -0.218. The molecule has 1 aromatic rings. The molecule has 0 saturated heterocycles. The standard InChI is InChI=1S/C17H25O4/c1-3-5-6-7-15-8-10-16(11-9-15)17(18)21-20-14-13-19-12-4-2/h8-11,14H,3-7,12-13H2,1-2H3. The Morgan fingerprint density at radius 1 is 1.10 bits per heavy atom. The van der Waals surface area contributed by atoms with Crippen LogP contribution in [0.2, 0.25) is 0 Å². The molecule has 0 aromatic heterocycles. The molecule has 4 nitrogen and oxygen atoms in total. The van der Waals surface area contributed by atoms with Gasteiger partial charge < -0.3 is 4.74 Å². The largest absolute Gasteiger partial charge is 0.378 e. The van der Waals surface area contributed by atoms with Crippen molar-refractivity contribution in [3.63, 3.8) is 0 Å². The van der Waals surface area contributed by atoms with E-state index in [0.717, 1.165) is 12.8 Å². The number of rotatable bonds is 11. The summed E-state index contributed by atoms with van der Waals surface area (Å²) in [6.45, 7) is 6.49. The summed E-state index contributed by atoms with van der Waals surface area (Å²) in [6.07, 6.45) is 5.60. The Balaban J connectivity index is 2.24. The molecule has 0 N–H and O–H groups in total. The highest BCUT2D eigenvalue weighted by atomic mass is 17.2. The molecule has 0 bridgehead atoms. The second-order valence-corrected chi connectivity index (χ2v) is 4.86. The molecule has 0 aliphatic carbocycles. The van der Waals surface area contributed by atoms with Crippen LogP contribution in [0.25, 0.3) is 0 Å². The van der Waals surface area contributed by atoms with Crippen molar-refractivity contribution in [2.24, 2.45) is 0 Å². The van der Waals surface area contributed by atoms with Crippen LogP contribution >= 0.6 is 0 Å². The zero-order valence-corrected chi connectivity index (χ0v) is 13.0. The van der Waals surface area contributed by atoms with E-state index < -0.39 is 5.97 Å². The molecule has 0 aliphatic heterocycles. The normalized spacial score (nSPS) is 10.6. The van der Waals surface area contributed by atoms with Gasteiger partial charge >= 0.3 is 5.97 Å². The molecule has 0 aliphatic rings. The Bertz CT molecular complexity index is 386. The van der Waals surface area contributed by atoms with Gasteiger partial charge in [0.15, 0.2) is 6.61 Å². The van der Waals surface area contributed by atoms with Gasteiger partial charge in [0.1, 0.15) is 0 Å². The molecule has 21 heavy (non-hydrogen) atoms. The maximum Gasteiger partial charge on any atom is 0.373 e. The number of aryl methyl sites for hydroxylation is 1. The van der Waals surface area contributed by atoms with Crippen molar-refractivity contribution in [1.82, 2.24) is 0 Å². The van der Waals surface area contributed by atoms with Crippen LogP contribution < -0.4 is 0 Å². The Hall–Kier alpha value is -1.39. The Morgan fingerprint density at radius 3 is 2.52 bits per heavy atom. The van der Waals surface area contributed by atoms with Crippen LogP contribution in [0.1, 0.15) is 55.5 Å². The van der Waals surface area contributed by atoms with Gasteiger partial charge in [-0.2, -0.15) is 4.89 Å². The van der Waals surface area contributed by atoms with Gasteiger partial charge in [-0.05, 0) is 37.0 Å². The number of hydrogen-bond donors (Lipinski definition) is 0. The number of carbonyl (C=O) groups excluding carboxylic acids is 1. The zero-order valence-electron chi connectivity index (χ0n) is 13.0. The number of benzene rings is 1. The summed E-state index contributed by atoms with van der Waals surface area (Å²) in [5.74, 6) is -0.498. The van der Waals surface area contributed by atoms with Crippen molar-refractivity contribution >= 4 is 5.97 Å². The first-order chi connectivity index (χ1) is 10.3. The maximum absolute atomic E-state index is 11.7. The Labute approximate surface area is 127 Å². The fourth-order valence-electron chi connectivity index (χ4n) is 1.82. The lowest BCUT2D eigenvalue weighted by Crippen LogP contribution is -2.07. The van der Waals surface area contributed by atoms with Crippen LogP contribution in [-0.2, 0) is 20.9 Å². The van der Waals surface area contributed by atoms with E-state index in [-0.39, 0.29) is 0 Å². The molecular weight excluding hydrogens is 268 g/mol. The topological polar surface area (TPSA) is 44.8 Å². The van der Waals surface area contributed by atoms with Gasteiger partial charge in [0.05, 0.1) is 12.2 Å². The van der Waals surface area contributed by atoms with Crippen molar-refractivity contribution in [3.05, 3.63) is 42.0 Å². The molecule has 1 rings (SSSR count). The van der Waals surface area contributed by atoms with Crippen molar-refractivity contribution in [1.29, 1.82) is 0 Å². The first-order valence-electron chi connectivity index (χ1n) is 7.64. The van der Waals surface area contributed by atoms with Gasteiger partial charge in [-0.15, -0.1) is 0 Å². The zero-order chi connectivity index (χ0) is 15.3. The predicted molar refractivity (Wildman–Crippen MR) is 81.6 cm³/mol. The third-order valence-corrected chi connectivity index (χ3v) is 2.98. The molecule has 0 heterocycles. The number of hydrogen-bond acceptors (Lipinski definition) is 4. The van der Waals surface area contributed by atoms with Crippen molar-refractivity contribution in [3.8, 4) is 0 Å². The van der Waals surface area contributed by atoms with Crippen LogP contribution in [0.5, 0.6) is 0 Å². The molecule has 117 valence electrons. The smallest absolute Gasteiger partial charge is 0.373 e. The van der Waals surface area contributed by atoms with E-state index in [0.29, 0.717) is 18.8 Å². The lowest BCUT2D eigenvalue weighted by atomic mass is 10.1. The summed E-state index contributed by atoms with van der Waals surface area (Å²) >= 11 is 0. The molecule has 0 amide bonds. The van der Waals surface area contributed by atoms with E-state index in [4.69, 9.17) is 9.62 Å². The first kappa shape index (κ1) is 17.7. The van der Waals surface area contributed by atoms with Crippen molar-refractivity contribution < 1.29 is 19.3 Å². The highest BCUT2D eigenvalue weighted by Gasteiger charge is 2.08. The third kappa shape index (κ3) is 7.83. The minimum Gasteiger partial charge on any atom is -0.378 e. The maximum atomic E-state index is 11.7. The molecule has 1 radical (unpaired) electrons. The lowest BCUT2D eigenvalue weighted by Gasteiger charge is -2.05. The van der Waals surface area contributed by atoms with Crippen molar-refractivity contribution in [2.75, 3.05) is 13.2 Å². The van der Waals surface area contributed by atoms with Crippen LogP contribution in [0, 0.1) is 6.61 Å². The highest BCUT2D eigenvalue weighted by Crippen LogP contribution is 2.10. The van der Waals surface area contributed by atoms with E-state index in [2.05, 4.69) is 11.8 Å². The summed E-state index contributed by atoms with van der Waals surface area (Å²) in [7, 11) is 0. The Morgan fingerprint density at radius 2 is 1.86 bits per heavy atom. The molecule has 0 spiro atoms. The van der Waals surface area contributed by atoms with E-state index in [1.807, 2.05) is 19.1 Å². The molecule has 0 unspecified atom stereocenters. The van der Waals surface area contributed by atoms with Crippen LogP contribution in [-0.4, -0.2) is 19.2 Å². The average molecular weight is 293 g/mol. The quantitative estimate of drug-likeness (QED) is 0.350. The molecule has 0 saturated carbocycles. The fourth-order valence-corrected chi connectivity index (χ4v) is 1.82. The number of unbranched alkanes of at least 4 members (excludes halogenated alkanes) is 2. The molecule has 0 atom stereocenters. The van der Waals surface area contributed by atoms with Gasteiger partial charge in [0.2, 0.25) is 0 Å². The van der Waals surface area contributed by atoms with Crippen LogP contribution in [0.4, 0.5) is 0 Å². The summed E-state index contributed by atoms with van der Waals surface area (Å²) < 4.78 is 5.16. The molecule has 1 aromatic carbocycles. The van der Waals surface area contributed by atoms with E-state index in [9.17, 15) is 4.79 Å². The molecule has 4 heteroatoms. The summed E-state index contributed by atoms with van der Waals surface area (Å²) in [5, 5.41) is 0.